The molecule has 3 aromatic carbocycles. The van der Waals surface area contributed by atoms with Crippen molar-refractivity contribution in [2.24, 2.45) is 9.98 Å². The second-order valence-electron chi connectivity index (χ2n) is 5.44. The molecule has 0 aliphatic heterocycles. The molecular weight excluding hydrogens is 460 g/mol. The molecule has 0 bridgehead atoms. The van der Waals surface area contributed by atoms with Crippen molar-refractivity contribution in [3.05, 3.63) is 80.7 Å². The fourth-order valence-corrected chi connectivity index (χ4v) is 2.86. The topological polar surface area (TPSA) is 65.2 Å². The SMILES string of the molecule is Oc1cc(Br)ccc1C=Nc1ccc(N=Cc2ccc(Br)cc2O)cc1. The molecule has 0 fully saturated rings. The maximum atomic E-state index is 9.87. The Hall–Kier alpha value is -2.44. The molecule has 0 unspecified atom stereocenters. The Bertz CT molecular complexity index is 903. The van der Waals surface area contributed by atoms with E-state index in [9.17, 15) is 10.2 Å². The maximum Gasteiger partial charge on any atom is 0.125 e. The largest absolute Gasteiger partial charge is 0.507 e. The summed E-state index contributed by atoms with van der Waals surface area (Å²) in [5.41, 5.74) is 2.78. The average Bonchev–Trinajstić information content (AvgIpc) is 2.61. The van der Waals surface area contributed by atoms with Crippen molar-refractivity contribution in [3.8, 4) is 11.5 Å². The molecule has 26 heavy (non-hydrogen) atoms. The standard InChI is InChI=1S/C20H14Br2N2O2/c21-15-3-1-13(19(25)9-15)11-23-17-5-7-18(8-6-17)24-12-14-2-4-16(22)10-20(14)26/h1-12,25-26H. The first-order valence-corrected chi connectivity index (χ1v) is 9.25. The van der Waals surface area contributed by atoms with Crippen LogP contribution in [0.5, 0.6) is 11.5 Å². The molecule has 2 N–H and O–H groups in total. The molecule has 4 nitrogen and oxygen atoms in total. The predicted molar refractivity (Wildman–Crippen MR) is 113 cm³/mol. The van der Waals surface area contributed by atoms with Gasteiger partial charge in [0, 0.05) is 32.5 Å². The minimum absolute atomic E-state index is 0.165. The normalized spacial score (nSPS) is 11.5. The number of hydrogen-bond donors (Lipinski definition) is 2. The van der Waals surface area contributed by atoms with E-state index in [0.717, 1.165) is 20.3 Å². The summed E-state index contributed by atoms with van der Waals surface area (Å²) >= 11 is 6.61. The van der Waals surface area contributed by atoms with Crippen molar-refractivity contribution in [1.82, 2.24) is 0 Å². The molecule has 0 spiro atoms. The molecule has 3 aromatic rings. The minimum Gasteiger partial charge on any atom is -0.507 e. The van der Waals surface area contributed by atoms with Crippen LogP contribution in [-0.4, -0.2) is 22.6 Å². The molecule has 130 valence electrons. The van der Waals surface area contributed by atoms with Gasteiger partial charge >= 0.3 is 0 Å². The third-order valence-electron chi connectivity index (χ3n) is 3.54. The number of rotatable bonds is 4. The molecule has 0 radical (unpaired) electrons. The van der Waals surface area contributed by atoms with Gasteiger partial charge in [-0.05, 0) is 60.7 Å². The van der Waals surface area contributed by atoms with Gasteiger partial charge in [-0.3, -0.25) is 9.98 Å². The van der Waals surface area contributed by atoms with Gasteiger partial charge in [0.15, 0.2) is 0 Å². The summed E-state index contributed by atoms with van der Waals surface area (Å²) in [6.45, 7) is 0. The van der Waals surface area contributed by atoms with Crippen LogP contribution >= 0.6 is 31.9 Å². The summed E-state index contributed by atoms with van der Waals surface area (Å²) in [5.74, 6) is 0.331. The van der Waals surface area contributed by atoms with Crippen LogP contribution in [0.25, 0.3) is 0 Å². The van der Waals surface area contributed by atoms with Gasteiger partial charge in [0.2, 0.25) is 0 Å². The van der Waals surface area contributed by atoms with E-state index < -0.39 is 0 Å². The fourth-order valence-electron chi connectivity index (χ4n) is 2.16. The van der Waals surface area contributed by atoms with E-state index in [2.05, 4.69) is 41.8 Å². The van der Waals surface area contributed by atoms with Gasteiger partial charge in [-0.1, -0.05) is 31.9 Å². The number of nitrogens with zero attached hydrogens (tertiary/aromatic N) is 2. The first-order chi connectivity index (χ1) is 12.5. The fraction of sp³-hybridized carbons (Fsp3) is 0. The Morgan fingerprint density at radius 3 is 1.35 bits per heavy atom. The third-order valence-corrected chi connectivity index (χ3v) is 4.53. The first-order valence-electron chi connectivity index (χ1n) is 7.66. The lowest BCUT2D eigenvalue weighted by Crippen LogP contribution is -1.82. The zero-order valence-corrected chi connectivity index (χ0v) is 16.6. The number of halogens is 2. The highest BCUT2D eigenvalue weighted by Gasteiger charge is 2.00. The van der Waals surface area contributed by atoms with Crippen molar-refractivity contribution < 1.29 is 10.2 Å². The van der Waals surface area contributed by atoms with E-state index in [1.807, 2.05) is 36.4 Å². The monoisotopic (exact) mass is 472 g/mol. The summed E-state index contributed by atoms with van der Waals surface area (Å²) < 4.78 is 1.62. The van der Waals surface area contributed by atoms with Crippen LogP contribution in [0, 0.1) is 0 Å². The van der Waals surface area contributed by atoms with E-state index in [-0.39, 0.29) is 11.5 Å². The Balaban J connectivity index is 1.72. The average molecular weight is 474 g/mol. The van der Waals surface area contributed by atoms with Crippen LogP contribution in [-0.2, 0) is 0 Å². The Morgan fingerprint density at radius 2 is 1.00 bits per heavy atom. The lowest BCUT2D eigenvalue weighted by Gasteiger charge is -2.00. The minimum atomic E-state index is 0.165. The first kappa shape index (κ1) is 18.4. The van der Waals surface area contributed by atoms with E-state index in [1.165, 1.54) is 0 Å². The van der Waals surface area contributed by atoms with Gasteiger partial charge in [0.1, 0.15) is 11.5 Å². The van der Waals surface area contributed by atoms with Crippen LogP contribution in [0.15, 0.2) is 79.6 Å². The third kappa shape index (κ3) is 4.80. The molecule has 0 amide bonds. The highest BCUT2D eigenvalue weighted by Crippen LogP contribution is 2.24. The Morgan fingerprint density at radius 1 is 0.615 bits per heavy atom. The lowest BCUT2D eigenvalue weighted by atomic mass is 10.2. The summed E-state index contributed by atoms with van der Waals surface area (Å²) in [6.07, 6.45) is 3.22. The van der Waals surface area contributed by atoms with Gasteiger partial charge in [0.25, 0.3) is 0 Å². The number of aliphatic imine (C=N–C) groups is 2. The molecule has 0 saturated carbocycles. The molecule has 0 saturated heterocycles. The molecule has 0 aliphatic rings. The number of phenols is 2. The lowest BCUT2D eigenvalue weighted by molar-refractivity contribution is 0.473. The maximum absolute atomic E-state index is 9.87. The number of benzene rings is 3. The zero-order chi connectivity index (χ0) is 18.5. The van der Waals surface area contributed by atoms with Gasteiger partial charge in [-0.25, -0.2) is 0 Å². The summed E-state index contributed by atoms with van der Waals surface area (Å²) in [4.78, 5) is 8.71. The molecule has 3 rings (SSSR count). The van der Waals surface area contributed by atoms with Crippen LogP contribution in [0.3, 0.4) is 0 Å². The second kappa shape index (κ2) is 8.29. The van der Waals surface area contributed by atoms with E-state index in [4.69, 9.17) is 0 Å². The van der Waals surface area contributed by atoms with Gasteiger partial charge in [-0.15, -0.1) is 0 Å². The molecule has 6 heteroatoms. The smallest absolute Gasteiger partial charge is 0.125 e. The van der Waals surface area contributed by atoms with E-state index >= 15 is 0 Å². The summed E-state index contributed by atoms with van der Waals surface area (Å²) in [5, 5.41) is 19.7. The highest BCUT2D eigenvalue weighted by atomic mass is 79.9. The number of aromatic hydroxyl groups is 2. The molecule has 0 aliphatic carbocycles. The zero-order valence-electron chi connectivity index (χ0n) is 13.5. The molecule has 0 aromatic heterocycles. The van der Waals surface area contributed by atoms with Gasteiger partial charge in [-0.2, -0.15) is 0 Å². The summed E-state index contributed by atoms with van der Waals surface area (Å²) in [7, 11) is 0. The van der Waals surface area contributed by atoms with Crippen molar-refractivity contribution in [1.29, 1.82) is 0 Å². The molecular formula is C20H14Br2N2O2. The molecule has 0 heterocycles. The predicted octanol–water partition coefficient (Wildman–Crippen LogP) is 6.12. The van der Waals surface area contributed by atoms with Crippen molar-refractivity contribution in [3.63, 3.8) is 0 Å². The highest BCUT2D eigenvalue weighted by molar-refractivity contribution is 9.10. The van der Waals surface area contributed by atoms with Crippen LogP contribution in [0.2, 0.25) is 0 Å². The van der Waals surface area contributed by atoms with Crippen molar-refractivity contribution in [2.75, 3.05) is 0 Å². The van der Waals surface area contributed by atoms with Crippen LogP contribution in [0.4, 0.5) is 11.4 Å². The Kier molecular flexibility index (Phi) is 5.85. The van der Waals surface area contributed by atoms with Gasteiger partial charge in [0.05, 0.1) is 11.4 Å². The quantitative estimate of drug-likeness (QED) is 0.448. The van der Waals surface area contributed by atoms with Crippen molar-refractivity contribution in [2.45, 2.75) is 0 Å². The van der Waals surface area contributed by atoms with E-state index in [0.29, 0.717) is 11.1 Å². The van der Waals surface area contributed by atoms with Gasteiger partial charge < -0.3 is 10.2 Å². The van der Waals surface area contributed by atoms with Crippen LogP contribution < -0.4 is 0 Å². The Labute approximate surface area is 167 Å². The number of phenolic OH excluding ortho intramolecular Hbond substituents is 2. The van der Waals surface area contributed by atoms with Crippen LogP contribution in [0.1, 0.15) is 11.1 Å². The number of hydrogen-bond acceptors (Lipinski definition) is 4. The van der Waals surface area contributed by atoms with E-state index in [1.54, 1.807) is 36.7 Å². The summed E-state index contributed by atoms with van der Waals surface area (Å²) in [6, 6.07) is 17.8. The second-order valence-corrected chi connectivity index (χ2v) is 7.27. The molecule has 0 atom stereocenters. The van der Waals surface area contributed by atoms with Crippen molar-refractivity contribution >= 4 is 55.7 Å².